The monoisotopic (exact) mass is 393 g/mol. The van der Waals surface area contributed by atoms with Crippen molar-refractivity contribution >= 4 is 44.0 Å². The molecule has 0 bridgehead atoms. The minimum absolute atomic E-state index is 0.0554. The Bertz CT molecular complexity index is 748. The Hall–Kier alpha value is -0.910. The van der Waals surface area contributed by atoms with Crippen LogP contribution in [0, 0.1) is 10.5 Å². The third kappa shape index (κ3) is 2.62. The van der Waals surface area contributed by atoms with Crippen molar-refractivity contribution in [2.75, 3.05) is 0 Å². The zero-order valence-corrected chi connectivity index (χ0v) is 14.2. The van der Waals surface area contributed by atoms with Crippen LogP contribution >= 0.6 is 33.9 Å². The van der Waals surface area contributed by atoms with Crippen LogP contribution in [0.15, 0.2) is 47.8 Å². The molecule has 0 radical (unpaired) electrons. The molecule has 102 valence electrons. The number of halogens is 1. The molecule has 2 N–H and O–H groups in total. The molecule has 1 heterocycles. The Morgan fingerprint density at radius 2 is 1.95 bits per heavy atom. The van der Waals surface area contributed by atoms with E-state index in [4.69, 9.17) is 5.73 Å². The predicted molar refractivity (Wildman–Crippen MR) is 96.4 cm³/mol. The van der Waals surface area contributed by atoms with Crippen molar-refractivity contribution in [2.45, 2.75) is 19.4 Å². The zero-order valence-electron chi connectivity index (χ0n) is 11.3. The maximum Gasteiger partial charge on any atom is 0.0346 e. The predicted octanol–water partition coefficient (Wildman–Crippen LogP) is 5.06. The Morgan fingerprint density at radius 1 is 1.15 bits per heavy atom. The van der Waals surface area contributed by atoms with E-state index in [0.717, 1.165) is 6.42 Å². The molecule has 20 heavy (non-hydrogen) atoms. The highest BCUT2D eigenvalue weighted by molar-refractivity contribution is 14.1. The summed E-state index contributed by atoms with van der Waals surface area (Å²) < 4.78 is 2.63. The highest BCUT2D eigenvalue weighted by Gasteiger charge is 2.14. The lowest BCUT2D eigenvalue weighted by Gasteiger charge is -2.15. The van der Waals surface area contributed by atoms with Gasteiger partial charge in [0.1, 0.15) is 0 Å². The second kappa shape index (κ2) is 5.84. The molecule has 1 nitrogen and oxygen atoms in total. The number of hydrogen-bond acceptors (Lipinski definition) is 2. The van der Waals surface area contributed by atoms with Crippen LogP contribution in [-0.4, -0.2) is 0 Å². The molecule has 0 aliphatic carbocycles. The van der Waals surface area contributed by atoms with E-state index in [1.54, 1.807) is 11.3 Å². The number of fused-ring (bicyclic) bond motifs is 1. The summed E-state index contributed by atoms with van der Waals surface area (Å²) in [7, 11) is 0. The molecule has 0 amide bonds. The summed E-state index contributed by atoms with van der Waals surface area (Å²) >= 11 is 4.20. The van der Waals surface area contributed by atoms with E-state index in [9.17, 15) is 0 Å². The summed E-state index contributed by atoms with van der Waals surface area (Å²) in [6, 6.07) is 15.0. The number of hydrogen-bond donors (Lipinski definition) is 1. The van der Waals surface area contributed by atoms with Crippen LogP contribution in [0.2, 0.25) is 0 Å². The molecule has 0 saturated heterocycles. The van der Waals surface area contributed by atoms with E-state index in [2.05, 4.69) is 77.4 Å². The van der Waals surface area contributed by atoms with E-state index in [-0.39, 0.29) is 6.04 Å². The van der Waals surface area contributed by atoms with Gasteiger partial charge < -0.3 is 5.73 Å². The minimum atomic E-state index is 0.0554. The molecule has 3 rings (SSSR count). The topological polar surface area (TPSA) is 26.0 Å². The lowest BCUT2D eigenvalue weighted by Crippen LogP contribution is -2.15. The van der Waals surface area contributed by atoms with Crippen LogP contribution in [0.25, 0.3) is 10.1 Å². The molecule has 3 heteroatoms. The van der Waals surface area contributed by atoms with Gasteiger partial charge in [0.25, 0.3) is 0 Å². The van der Waals surface area contributed by atoms with Gasteiger partial charge in [-0.05, 0) is 69.5 Å². The maximum atomic E-state index is 6.45. The average molecular weight is 393 g/mol. The van der Waals surface area contributed by atoms with E-state index in [1.165, 1.54) is 30.3 Å². The van der Waals surface area contributed by atoms with E-state index in [1.807, 2.05) is 0 Å². The van der Waals surface area contributed by atoms with Crippen molar-refractivity contribution in [1.82, 2.24) is 0 Å². The number of thiophene rings is 1. The van der Waals surface area contributed by atoms with E-state index < -0.39 is 0 Å². The molecule has 2 aromatic carbocycles. The zero-order chi connectivity index (χ0) is 14.1. The quantitative estimate of drug-likeness (QED) is 0.619. The summed E-state index contributed by atoms with van der Waals surface area (Å²) in [5.74, 6) is 0. The fourth-order valence-electron chi connectivity index (χ4n) is 2.49. The number of nitrogens with two attached hydrogens (primary N) is 1. The molecular weight excluding hydrogens is 377 g/mol. The van der Waals surface area contributed by atoms with Crippen LogP contribution in [0.1, 0.15) is 22.7 Å². The Morgan fingerprint density at radius 3 is 2.80 bits per heavy atom. The van der Waals surface area contributed by atoms with Gasteiger partial charge in [-0.15, -0.1) is 11.3 Å². The molecule has 1 aromatic heterocycles. The van der Waals surface area contributed by atoms with Gasteiger partial charge >= 0.3 is 0 Å². The first-order valence-electron chi connectivity index (χ1n) is 6.62. The third-order valence-corrected chi connectivity index (χ3v) is 6.11. The van der Waals surface area contributed by atoms with Gasteiger partial charge in [-0.3, -0.25) is 0 Å². The van der Waals surface area contributed by atoms with Gasteiger partial charge in [-0.2, -0.15) is 0 Å². The van der Waals surface area contributed by atoms with Crippen LogP contribution in [0.4, 0.5) is 0 Å². The van der Waals surface area contributed by atoms with E-state index >= 15 is 0 Å². The number of aryl methyl sites for hydroxylation is 1. The third-order valence-electron chi connectivity index (χ3n) is 3.62. The van der Waals surface area contributed by atoms with Crippen molar-refractivity contribution in [3.05, 3.63) is 68.1 Å². The smallest absolute Gasteiger partial charge is 0.0346 e. The number of benzene rings is 2. The lowest BCUT2D eigenvalue weighted by atomic mass is 9.98. The second-order valence-electron chi connectivity index (χ2n) is 5.05. The van der Waals surface area contributed by atoms with Gasteiger partial charge in [0.15, 0.2) is 0 Å². The van der Waals surface area contributed by atoms with Crippen LogP contribution in [-0.2, 0) is 6.42 Å². The summed E-state index contributed by atoms with van der Waals surface area (Å²) in [5.41, 5.74) is 10.4. The first-order chi connectivity index (χ1) is 9.66. The summed E-state index contributed by atoms with van der Waals surface area (Å²) in [4.78, 5) is 0. The largest absolute Gasteiger partial charge is 0.324 e. The fourth-order valence-corrected chi connectivity index (χ4v) is 4.23. The molecule has 1 unspecified atom stereocenters. The first-order valence-corrected chi connectivity index (χ1v) is 8.58. The van der Waals surface area contributed by atoms with Gasteiger partial charge in [-0.1, -0.05) is 36.4 Å². The molecule has 0 aliphatic heterocycles. The first kappa shape index (κ1) is 14.0. The van der Waals surface area contributed by atoms with Crippen LogP contribution < -0.4 is 5.73 Å². The molecule has 0 saturated carbocycles. The fraction of sp³-hybridized carbons (Fsp3) is 0.176. The maximum absolute atomic E-state index is 6.45. The Labute approximate surface area is 137 Å². The molecule has 3 aromatic rings. The van der Waals surface area contributed by atoms with Gasteiger partial charge in [0, 0.05) is 14.3 Å². The van der Waals surface area contributed by atoms with Gasteiger partial charge in [0.2, 0.25) is 0 Å². The Balaban J connectivity index is 1.92. The Kier molecular flexibility index (Phi) is 4.10. The molecule has 1 atom stereocenters. The van der Waals surface area contributed by atoms with Crippen molar-refractivity contribution in [2.24, 2.45) is 5.73 Å². The summed E-state index contributed by atoms with van der Waals surface area (Å²) in [5, 5.41) is 3.59. The van der Waals surface area contributed by atoms with Gasteiger partial charge in [0.05, 0.1) is 0 Å². The highest BCUT2D eigenvalue weighted by Crippen LogP contribution is 2.30. The highest BCUT2D eigenvalue weighted by atomic mass is 127. The number of rotatable bonds is 3. The SMILES string of the molecule is Cc1cccc(C(N)Cc2csc3ccccc23)c1I. The average Bonchev–Trinajstić information content (AvgIpc) is 2.85. The standard InChI is InChI=1S/C17H16INS/c1-11-5-4-7-14(17(11)18)15(19)9-12-10-20-16-8-3-2-6-13(12)16/h2-8,10,15H,9,19H2,1H3. The lowest BCUT2D eigenvalue weighted by molar-refractivity contribution is 0.721. The van der Waals surface area contributed by atoms with Crippen molar-refractivity contribution < 1.29 is 0 Å². The van der Waals surface area contributed by atoms with Crippen molar-refractivity contribution in [3.63, 3.8) is 0 Å². The molecule has 0 spiro atoms. The molecule has 0 aliphatic rings. The minimum Gasteiger partial charge on any atom is -0.324 e. The van der Waals surface area contributed by atoms with E-state index in [0.29, 0.717) is 0 Å². The van der Waals surface area contributed by atoms with Crippen LogP contribution in [0.3, 0.4) is 0 Å². The second-order valence-corrected chi connectivity index (χ2v) is 7.04. The van der Waals surface area contributed by atoms with Crippen molar-refractivity contribution in [1.29, 1.82) is 0 Å². The van der Waals surface area contributed by atoms with Crippen molar-refractivity contribution in [3.8, 4) is 0 Å². The summed E-state index contributed by atoms with van der Waals surface area (Å²) in [6.45, 7) is 2.14. The summed E-state index contributed by atoms with van der Waals surface area (Å²) in [6.07, 6.45) is 0.892. The molecule has 0 fully saturated rings. The van der Waals surface area contributed by atoms with Gasteiger partial charge in [-0.25, -0.2) is 0 Å². The molecular formula is C17H16INS. The normalized spacial score (nSPS) is 12.8. The van der Waals surface area contributed by atoms with Crippen LogP contribution in [0.5, 0.6) is 0 Å².